The molecule has 1 aromatic heterocycles. The summed E-state index contributed by atoms with van der Waals surface area (Å²) in [6.07, 6.45) is 3.64. The Hall–Kier alpha value is -2.70. The number of hydrogen-bond acceptors (Lipinski definition) is 4. The zero-order chi connectivity index (χ0) is 17.6. The van der Waals surface area contributed by atoms with Crippen molar-refractivity contribution in [2.75, 3.05) is 38.2 Å². The zero-order valence-corrected chi connectivity index (χ0v) is 14.8. The van der Waals surface area contributed by atoms with E-state index in [-0.39, 0.29) is 12.1 Å². The third-order valence-electron chi connectivity index (χ3n) is 4.38. The van der Waals surface area contributed by atoms with Gasteiger partial charge in [-0.2, -0.15) is 5.10 Å². The summed E-state index contributed by atoms with van der Waals surface area (Å²) >= 11 is 0. The van der Waals surface area contributed by atoms with Gasteiger partial charge in [-0.3, -0.25) is 4.68 Å². The number of hydrogen-bond donors (Lipinski definition) is 1. The van der Waals surface area contributed by atoms with Crippen molar-refractivity contribution in [1.82, 2.24) is 20.0 Å². The van der Waals surface area contributed by atoms with E-state index in [0.29, 0.717) is 19.6 Å². The molecular formula is C18H25N5O2. The fraction of sp³-hybridized carbons (Fsp3) is 0.444. The highest BCUT2D eigenvalue weighted by atomic mass is 16.5. The number of benzene rings is 1. The van der Waals surface area contributed by atoms with E-state index in [9.17, 15) is 4.79 Å². The maximum atomic E-state index is 12.4. The predicted octanol–water partition coefficient (Wildman–Crippen LogP) is 1.81. The highest BCUT2D eigenvalue weighted by Gasteiger charge is 2.23. The molecule has 0 saturated carbocycles. The molecule has 1 aromatic carbocycles. The van der Waals surface area contributed by atoms with Gasteiger partial charge < -0.3 is 19.9 Å². The summed E-state index contributed by atoms with van der Waals surface area (Å²) in [5.41, 5.74) is 1.08. The Morgan fingerprint density at radius 1 is 1.24 bits per heavy atom. The maximum absolute atomic E-state index is 12.4. The van der Waals surface area contributed by atoms with E-state index in [1.165, 1.54) is 0 Å². The molecule has 2 amide bonds. The molecule has 1 N–H and O–H groups in total. The molecule has 1 aliphatic rings. The van der Waals surface area contributed by atoms with Crippen molar-refractivity contribution in [3.8, 4) is 5.75 Å². The third kappa shape index (κ3) is 4.23. The van der Waals surface area contributed by atoms with Crippen LogP contribution >= 0.6 is 0 Å². The predicted molar refractivity (Wildman–Crippen MR) is 97.0 cm³/mol. The first-order valence-electron chi connectivity index (χ1n) is 8.58. The lowest BCUT2D eigenvalue weighted by molar-refractivity contribution is 0.189. The number of nitrogens with one attached hydrogen (secondary N) is 1. The van der Waals surface area contributed by atoms with E-state index >= 15 is 0 Å². The summed E-state index contributed by atoms with van der Waals surface area (Å²) in [6.45, 7) is 5.63. The van der Waals surface area contributed by atoms with E-state index in [4.69, 9.17) is 4.74 Å². The molecule has 7 nitrogen and oxygen atoms in total. The summed E-state index contributed by atoms with van der Waals surface area (Å²) in [7, 11) is 1.68. The number of methoxy groups -OCH3 is 1. The first-order valence-corrected chi connectivity index (χ1v) is 8.58. The van der Waals surface area contributed by atoms with Gasteiger partial charge in [0, 0.05) is 44.6 Å². The number of carbonyl (C=O) groups is 1. The molecule has 1 fully saturated rings. The van der Waals surface area contributed by atoms with Gasteiger partial charge in [-0.15, -0.1) is 0 Å². The summed E-state index contributed by atoms with van der Waals surface area (Å²) in [4.78, 5) is 16.6. The molecule has 1 aliphatic heterocycles. The highest BCUT2D eigenvalue weighted by molar-refractivity contribution is 5.75. The summed E-state index contributed by atoms with van der Waals surface area (Å²) in [5, 5.41) is 7.22. The Balaban J connectivity index is 1.50. The lowest BCUT2D eigenvalue weighted by Gasteiger charge is -2.37. The molecule has 0 spiro atoms. The van der Waals surface area contributed by atoms with Crippen molar-refractivity contribution in [3.63, 3.8) is 0 Å². The second kappa shape index (κ2) is 7.92. The topological polar surface area (TPSA) is 62.6 Å². The van der Waals surface area contributed by atoms with E-state index in [1.807, 2.05) is 47.0 Å². The van der Waals surface area contributed by atoms with Crippen LogP contribution in [0, 0.1) is 0 Å². The van der Waals surface area contributed by atoms with Crippen LogP contribution in [0.2, 0.25) is 0 Å². The fourth-order valence-electron chi connectivity index (χ4n) is 3.08. The van der Waals surface area contributed by atoms with Gasteiger partial charge in [-0.1, -0.05) is 12.1 Å². The number of rotatable bonds is 5. The number of ether oxygens (including phenoxy) is 1. The van der Waals surface area contributed by atoms with Crippen molar-refractivity contribution in [2.45, 2.75) is 19.5 Å². The van der Waals surface area contributed by atoms with E-state index in [1.54, 1.807) is 13.3 Å². The molecule has 0 radical (unpaired) electrons. The summed E-state index contributed by atoms with van der Waals surface area (Å²) in [5.74, 6) is 0.869. The number of carbonyl (C=O) groups excluding carboxylic acids is 1. The molecule has 0 bridgehead atoms. The van der Waals surface area contributed by atoms with Crippen LogP contribution in [0.1, 0.15) is 6.92 Å². The normalized spacial score (nSPS) is 15.8. The molecule has 3 rings (SSSR count). The Morgan fingerprint density at radius 3 is 2.68 bits per heavy atom. The van der Waals surface area contributed by atoms with Crippen LogP contribution in [0.25, 0.3) is 0 Å². The number of anilines is 1. The Morgan fingerprint density at radius 2 is 2.00 bits per heavy atom. The van der Waals surface area contributed by atoms with E-state index in [0.717, 1.165) is 24.5 Å². The minimum absolute atomic E-state index is 0.0145. The molecule has 1 saturated heterocycles. The van der Waals surface area contributed by atoms with Crippen LogP contribution in [0.4, 0.5) is 10.5 Å². The lowest BCUT2D eigenvalue weighted by Crippen LogP contribution is -2.53. The summed E-state index contributed by atoms with van der Waals surface area (Å²) < 4.78 is 7.26. The monoisotopic (exact) mass is 343 g/mol. The first kappa shape index (κ1) is 17.1. The van der Waals surface area contributed by atoms with Crippen LogP contribution in [-0.2, 0) is 6.54 Å². The standard InChI is InChI=1S/C18H25N5O2/c1-15(14-23-9-5-8-19-23)20-18(24)22-12-10-21(11-13-22)16-6-3-4-7-17(16)25-2/h3-9,15H,10-14H2,1-2H3,(H,20,24)/t15-/m1/s1. The van der Waals surface area contributed by atoms with Crippen LogP contribution in [0.3, 0.4) is 0 Å². The molecule has 0 aliphatic carbocycles. The number of nitrogens with zero attached hydrogens (tertiary/aromatic N) is 4. The van der Waals surface area contributed by atoms with Gasteiger partial charge in [0.1, 0.15) is 5.75 Å². The second-order valence-electron chi connectivity index (χ2n) is 6.22. The minimum atomic E-state index is -0.0145. The Bertz CT molecular complexity index is 681. The molecule has 1 atom stereocenters. The van der Waals surface area contributed by atoms with Crippen LogP contribution in [0.5, 0.6) is 5.75 Å². The average Bonchev–Trinajstić information content (AvgIpc) is 3.14. The van der Waals surface area contributed by atoms with Crippen molar-refractivity contribution in [3.05, 3.63) is 42.7 Å². The third-order valence-corrected chi connectivity index (χ3v) is 4.38. The minimum Gasteiger partial charge on any atom is -0.495 e. The molecule has 134 valence electrons. The number of amides is 2. The lowest BCUT2D eigenvalue weighted by atomic mass is 10.2. The van der Waals surface area contributed by atoms with Crippen LogP contribution in [-0.4, -0.2) is 60.0 Å². The molecular weight excluding hydrogens is 318 g/mol. The number of para-hydroxylation sites is 2. The largest absolute Gasteiger partial charge is 0.495 e. The van der Waals surface area contributed by atoms with Crippen molar-refractivity contribution in [1.29, 1.82) is 0 Å². The number of aromatic nitrogens is 2. The SMILES string of the molecule is COc1ccccc1N1CCN(C(=O)N[C@H](C)Cn2cccn2)CC1. The van der Waals surface area contributed by atoms with Crippen molar-refractivity contribution < 1.29 is 9.53 Å². The average molecular weight is 343 g/mol. The van der Waals surface area contributed by atoms with Gasteiger partial charge in [-0.25, -0.2) is 4.79 Å². The summed E-state index contributed by atoms with van der Waals surface area (Å²) in [6, 6.07) is 9.89. The van der Waals surface area contributed by atoms with Gasteiger partial charge in [0.25, 0.3) is 0 Å². The maximum Gasteiger partial charge on any atom is 0.317 e. The highest BCUT2D eigenvalue weighted by Crippen LogP contribution is 2.28. The Kier molecular flexibility index (Phi) is 5.42. The first-order chi connectivity index (χ1) is 12.2. The van der Waals surface area contributed by atoms with Gasteiger partial charge in [0.15, 0.2) is 0 Å². The van der Waals surface area contributed by atoms with Gasteiger partial charge in [0.2, 0.25) is 0 Å². The van der Waals surface area contributed by atoms with E-state index in [2.05, 4.69) is 21.4 Å². The molecule has 2 aromatic rings. The second-order valence-corrected chi connectivity index (χ2v) is 6.22. The quantitative estimate of drug-likeness (QED) is 0.899. The van der Waals surface area contributed by atoms with Gasteiger partial charge in [0.05, 0.1) is 19.3 Å². The van der Waals surface area contributed by atoms with E-state index < -0.39 is 0 Å². The molecule has 0 unspecified atom stereocenters. The number of piperazine rings is 1. The fourth-order valence-corrected chi connectivity index (χ4v) is 3.08. The van der Waals surface area contributed by atoms with Crippen molar-refractivity contribution >= 4 is 11.7 Å². The molecule has 7 heteroatoms. The van der Waals surface area contributed by atoms with Crippen molar-refractivity contribution in [2.24, 2.45) is 0 Å². The smallest absolute Gasteiger partial charge is 0.317 e. The van der Waals surface area contributed by atoms with Gasteiger partial charge in [-0.05, 0) is 25.1 Å². The molecule has 2 heterocycles. The van der Waals surface area contributed by atoms with Gasteiger partial charge >= 0.3 is 6.03 Å². The zero-order valence-electron chi connectivity index (χ0n) is 14.8. The molecule has 25 heavy (non-hydrogen) atoms. The Labute approximate surface area is 148 Å². The van der Waals surface area contributed by atoms with Crippen LogP contribution in [0.15, 0.2) is 42.7 Å². The van der Waals surface area contributed by atoms with Crippen LogP contribution < -0.4 is 15.0 Å². The number of urea groups is 1.